The Morgan fingerprint density at radius 2 is 2.14 bits per heavy atom. The number of piperazine rings is 1. The van der Waals surface area contributed by atoms with Gasteiger partial charge in [0, 0.05) is 24.5 Å². The van der Waals surface area contributed by atoms with E-state index >= 15 is 0 Å². The van der Waals surface area contributed by atoms with Gasteiger partial charge in [0.15, 0.2) is 0 Å². The molecule has 2 fully saturated rings. The molecule has 1 aromatic carbocycles. The normalized spacial score (nSPS) is 25.1. The highest BCUT2D eigenvalue weighted by atomic mass is 35.5. The van der Waals surface area contributed by atoms with E-state index in [2.05, 4.69) is 0 Å². The molecule has 1 N–H and O–H groups in total. The summed E-state index contributed by atoms with van der Waals surface area (Å²) < 4.78 is 0. The van der Waals surface area contributed by atoms with Crippen LogP contribution in [0.1, 0.15) is 30.0 Å². The van der Waals surface area contributed by atoms with Crippen LogP contribution in [0.5, 0.6) is 0 Å². The first-order chi connectivity index (χ1) is 10.0. The second-order valence-electron chi connectivity index (χ2n) is 5.57. The molecule has 0 saturated carbocycles. The summed E-state index contributed by atoms with van der Waals surface area (Å²) in [6.45, 7) is 2.72. The molecule has 5 nitrogen and oxygen atoms in total. The van der Waals surface area contributed by atoms with Crippen LogP contribution in [0.15, 0.2) is 18.2 Å². The van der Waals surface area contributed by atoms with Crippen molar-refractivity contribution in [1.82, 2.24) is 9.80 Å². The van der Waals surface area contributed by atoms with E-state index in [0.717, 1.165) is 11.1 Å². The number of hydrogen-bond donors (Lipinski definition) is 1. The number of hydrogen-bond acceptors (Lipinski definition) is 2. The topological polar surface area (TPSA) is 60.9 Å². The fourth-order valence-electron chi connectivity index (χ4n) is 3.47. The molecule has 6 heteroatoms. The van der Waals surface area contributed by atoms with Crippen LogP contribution in [0, 0.1) is 6.92 Å². The highest BCUT2D eigenvalue weighted by Gasteiger charge is 2.45. The molecule has 2 aliphatic heterocycles. The smallest absolute Gasteiger partial charge is 0.407 e. The van der Waals surface area contributed by atoms with Gasteiger partial charge in [-0.05, 0) is 30.5 Å². The van der Waals surface area contributed by atoms with Gasteiger partial charge in [-0.1, -0.05) is 23.7 Å². The molecule has 0 unspecified atom stereocenters. The lowest BCUT2D eigenvalue weighted by molar-refractivity contribution is -0.131. The monoisotopic (exact) mass is 308 g/mol. The zero-order valence-electron chi connectivity index (χ0n) is 11.8. The van der Waals surface area contributed by atoms with Crippen molar-refractivity contribution in [3.63, 3.8) is 0 Å². The van der Waals surface area contributed by atoms with Crippen LogP contribution < -0.4 is 0 Å². The molecule has 0 radical (unpaired) electrons. The van der Waals surface area contributed by atoms with Crippen LogP contribution in [0.2, 0.25) is 5.02 Å². The Labute approximate surface area is 128 Å². The maximum Gasteiger partial charge on any atom is 0.407 e. The number of carbonyl (C=O) groups is 2. The van der Waals surface area contributed by atoms with E-state index in [1.54, 1.807) is 6.07 Å². The number of amides is 2. The second-order valence-corrected chi connectivity index (χ2v) is 5.98. The third kappa shape index (κ3) is 2.25. The minimum absolute atomic E-state index is 0.0838. The first kappa shape index (κ1) is 14.2. The number of carboxylic acid groups (broad SMARTS) is 1. The van der Waals surface area contributed by atoms with Gasteiger partial charge in [0.2, 0.25) is 5.91 Å². The van der Waals surface area contributed by atoms with Gasteiger partial charge in [-0.25, -0.2) is 4.79 Å². The maximum absolute atomic E-state index is 11.9. The lowest BCUT2D eigenvalue weighted by atomic mass is 9.91. The molecule has 2 aliphatic rings. The molecule has 112 valence electrons. The molecule has 0 aliphatic carbocycles. The van der Waals surface area contributed by atoms with Gasteiger partial charge in [0.1, 0.15) is 0 Å². The summed E-state index contributed by atoms with van der Waals surface area (Å²) in [5.74, 6) is 0.120. The first-order valence-corrected chi connectivity index (χ1v) is 7.42. The molecular formula is C15H17ClN2O3. The third-order valence-electron chi connectivity index (χ3n) is 4.53. The zero-order valence-corrected chi connectivity index (χ0v) is 12.5. The average Bonchev–Trinajstić information content (AvgIpc) is 2.83. The van der Waals surface area contributed by atoms with E-state index in [9.17, 15) is 14.7 Å². The number of rotatable bonds is 1. The number of carbonyl (C=O) groups excluding carboxylic acids is 1. The Morgan fingerprint density at radius 1 is 1.38 bits per heavy atom. The fourth-order valence-corrected chi connectivity index (χ4v) is 3.65. The van der Waals surface area contributed by atoms with E-state index < -0.39 is 6.09 Å². The SMILES string of the molecule is Cc1c(Cl)cccc1[C@H]1[C@@H]2CCC(=O)N2CCN1C(=O)O. The summed E-state index contributed by atoms with van der Waals surface area (Å²) >= 11 is 6.19. The Balaban J connectivity index is 2.07. The summed E-state index contributed by atoms with van der Waals surface area (Å²) in [6, 6.07) is 5.13. The lowest BCUT2D eigenvalue weighted by Gasteiger charge is -2.44. The van der Waals surface area contributed by atoms with E-state index in [-0.39, 0.29) is 18.0 Å². The van der Waals surface area contributed by atoms with Crippen LogP contribution in [-0.4, -0.2) is 46.0 Å². The second kappa shape index (κ2) is 5.22. The summed E-state index contributed by atoms with van der Waals surface area (Å²) in [4.78, 5) is 26.8. The predicted octanol–water partition coefficient (Wildman–Crippen LogP) is 2.67. The molecule has 2 amide bonds. The van der Waals surface area contributed by atoms with Crippen LogP contribution in [0.3, 0.4) is 0 Å². The maximum atomic E-state index is 11.9. The number of nitrogens with zero attached hydrogens (tertiary/aromatic N) is 2. The standard InChI is InChI=1S/C15H17ClN2O3/c1-9-10(3-2-4-11(9)16)14-12-5-6-13(19)17(12)7-8-18(14)15(20)21/h2-4,12,14H,5-8H2,1H3,(H,20,21)/t12-,14-/m0/s1. The van der Waals surface area contributed by atoms with Crippen molar-refractivity contribution < 1.29 is 14.7 Å². The van der Waals surface area contributed by atoms with Crippen molar-refractivity contribution >= 4 is 23.6 Å². The van der Waals surface area contributed by atoms with Crippen molar-refractivity contribution in [2.45, 2.75) is 31.8 Å². The van der Waals surface area contributed by atoms with Crippen molar-refractivity contribution in [3.05, 3.63) is 34.3 Å². The molecule has 1 aromatic rings. The number of benzene rings is 1. The summed E-state index contributed by atoms with van der Waals surface area (Å²) in [6.07, 6.45) is 0.242. The van der Waals surface area contributed by atoms with Crippen LogP contribution in [-0.2, 0) is 4.79 Å². The van der Waals surface area contributed by atoms with Gasteiger partial charge < -0.3 is 10.0 Å². The zero-order chi connectivity index (χ0) is 15.1. The quantitative estimate of drug-likeness (QED) is 0.867. The highest BCUT2D eigenvalue weighted by Crippen LogP contribution is 2.39. The molecule has 3 rings (SSSR count). The van der Waals surface area contributed by atoms with Crippen molar-refractivity contribution in [1.29, 1.82) is 0 Å². The van der Waals surface area contributed by atoms with Crippen molar-refractivity contribution in [2.75, 3.05) is 13.1 Å². The lowest BCUT2D eigenvalue weighted by Crippen LogP contribution is -2.54. The minimum Gasteiger partial charge on any atom is -0.465 e. The van der Waals surface area contributed by atoms with Crippen molar-refractivity contribution in [3.8, 4) is 0 Å². The molecular weight excluding hydrogens is 292 g/mol. The number of fused-ring (bicyclic) bond motifs is 1. The Bertz CT molecular complexity index is 605. The van der Waals surface area contributed by atoms with Gasteiger partial charge in [-0.3, -0.25) is 9.69 Å². The average molecular weight is 309 g/mol. The van der Waals surface area contributed by atoms with Crippen LogP contribution >= 0.6 is 11.6 Å². The minimum atomic E-state index is -0.946. The van der Waals surface area contributed by atoms with E-state index in [1.807, 2.05) is 24.0 Å². The molecule has 0 bridgehead atoms. The fraction of sp³-hybridized carbons (Fsp3) is 0.467. The predicted molar refractivity (Wildman–Crippen MR) is 78.4 cm³/mol. The number of halogens is 1. The van der Waals surface area contributed by atoms with Gasteiger partial charge in [-0.2, -0.15) is 0 Å². The summed E-state index contributed by atoms with van der Waals surface area (Å²) in [7, 11) is 0. The summed E-state index contributed by atoms with van der Waals surface area (Å²) in [5, 5.41) is 10.1. The van der Waals surface area contributed by atoms with Gasteiger partial charge in [0.05, 0.1) is 12.1 Å². The van der Waals surface area contributed by atoms with E-state index in [0.29, 0.717) is 31.0 Å². The Hall–Kier alpha value is -1.75. The Morgan fingerprint density at radius 3 is 2.86 bits per heavy atom. The first-order valence-electron chi connectivity index (χ1n) is 7.04. The van der Waals surface area contributed by atoms with Gasteiger partial charge >= 0.3 is 6.09 Å². The molecule has 21 heavy (non-hydrogen) atoms. The molecule has 0 aromatic heterocycles. The van der Waals surface area contributed by atoms with Crippen molar-refractivity contribution in [2.24, 2.45) is 0 Å². The molecule has 2 atom stereocenters. The molecule has 2 heterocycles. The molecule has 0 spiro atoms. The van der Waals surface area contributed by atoms with E-state index in [1.165, 1.54) is 4.90 Å². The largest absolute Gasteiger partial charge is 0.465 e. The van der Waals surface area contributed by atoms with E-state index in [4.69, 9.17) is 11.6 Å². The van der Waals surface area contributed by atoms with Crippen LogP contribution in [0.4, 0.5) is 4.79 Å². The summed E-state index contributed by atoms with van der Waals surface area (Å²) in [5.41, 5.74) is 1.78. The molecule has 2 saturated heterocycles. The van der Waals surface area contributed by atoms with Crippen LogP contribution in [0.25, 0.3) is 0 Å². The van der Waals surface area contributed by atoms with Gasteiger partial charge in [-0.15, -0.1) is 0 Å². The third-order valence-corrected chi connectivity index (χ3v) is 4.94. The Kier molecular flexibility index (Phi) is 3.53. The highest BCUT2D eigenvalue weighted by molar-refractivity contribution is 6.31. The van der Waals surface area contributed by atoms with Gasteiger partial charge in [0.25, 0.3) is 0 Å².